The van der Waals surface area contributed by atoms with Gasteiger partial charge in [0, 0.05) is 19.7 Å². The number of amides is 1. The molecule has 1 N–H and O–H groups in total. The lowest BCUT2D eigenvalue weighted by atomic mass is 10.2. The Kier molecular flexibility index (Phi) is 5.01. The predicted molar refractivity (Wildman–Crippen MR) is 71.4 cm³/mol. The molecule has 104 valence electrons. The molecule has 2 aliphatic rings. The van der Waals surface area contributed by atoms with Crippen molar-refractivity contribution in [1.82, 2.24) is 10.2 Å². The van der Waals surface area contributed by atoms with Gasteiger partial charge < -0.3 is 15.0 Å². The van der Waals surface area contributed by atoms with Crippen LogP contribution in [0, 0.1) is 11.8 Å². The fraction of sp³-hybridized carbons (Fsp3) is 0.929. The molecule has 0 spiro atoms. The van der Waals surface area contributed by atoms with Gasteiger partial charge in [-0.3, -0.25) is 4.79 Å². The van der Waals surface area contributed by atoms with Gasteiger partial charge in [-0.25, -0.2) is 0 Å². The molecule has 0 aromatic heterocycles. The summed E-state index contributed by atoms with van der Waals surface area (Å²) in [6.45, 7) is 8.23. The number of nitrogens with one attached hydrogen (secondary N) is 1. The zero-order valence-electron chi connectivity index (χ0n) is 11.7. The first-order chi connectivity index (χ1) is 8.65. The highest BCUT2D eigenvalue weighted by molar-refractivity contribution is 5.78. The zero-order valence-corrected chi connectivity index (χ0v) is 11.7. The Morgan fingerprint density at radius 2 is 2.17 bits per heavy atom. The molecule has 0 bridgehead atoms. The van der Waals surface area contributed by atoms with Crippen molar-refractivity contribution in [2.24, 2.45) is 11.8 Å². The van der Waals surface area contributed by atoms with Gasteiger partial charge in [-0.15, -0.1) is 0 Å². The van der Waals surface area contributed by atoms with E-state index in [2.05, 4.69) is 19.2 Å². The van der Waals surface area contributed by atoms with Gasteiger partial charge in [0.25, 0.3) is 0 Å². The number of carbonyl (C=O) groups is 1. The van der Waals surface area contributed by atoms with Gasteiger partial charge in [0.1, 0.15) is 0 Å². The Morgan fingerprint density at radius 3 is 2.83 bits per heavy atom. The molecule has 0 radical (unpaired) electrons. The number of nitrogens with zero attached hydrogens (tertiary/aromatic N) is 1. The van der Waals surface area contributed by atoms with Crippen LogP contribution in [0.2, 0.25) is 0 Å². The summed E-state index contributed by atoms with van der Waals surface area (Å²) in [7, 11) is 0. The lowest BCUT2D eigenvalue weighted by Gasteiger charge is -2.17. The fourth-order valence-corrected chi connectivity index (χ4v) is 2.24. The summed E-state index contributed by atoms with van der Waals surface area (Å²) in [4.78, 5) is 13.9. The molecule has 1 aliphatic heterocycles. The second-order valence-electron chi connectivity index (χ2n) is 6.05. The number of ether oxygens (including phenoxy) is 1. The molecule has 1 amide bonds. The molecule has 1 atom stereocenters. The van der Waals surface area contributed by atoms with E-state index in [0.717, 1.165) is 38.6 Å². The second kappa shape index (κ2) is 6.53. The molecule has 0 aromatic carbocycles. The van der Waals surface area contributed by atoms with E-state index in [0.29, 0.717) is 12.5 Å². The summed E-state index contributed by atoms with van der Waals surface area (Å²) in [5.41, 5.74) is 0. The summed E-state index contributed by atoms with van der Waals surface area (Å²) in [6, 6.07) is 0. The van der Waals surface area contributed by atoms with Crippen LogP contribution in [-0.4, -0.2) is 49.7 Å². The molecule has 1 heterocycles. The summed E-state index contributed by atoms with van der Waals surface area (Å²) < 4.78 is 5.78. The fourth-order valence-electron chi connectivity index (χ4n) is 2.24. The van der Waals surface area contributed by atoms with E-state index in [1.807, 2.05) is 4.90 Å². The molecular formula is C14H26N2O2. The van der Waals surface area contributed by atoms with Crippen molar-refractivity contribution in [3.63, 3.8) is 0 Å². The Hall–Kier alpha value is -0.610. The van der Waals surface area contributed by atoms with Gasteiger partial charge in [0.05, 0.1) is 12.6 Å². The monoisotopic (exact) mass is 254 g/mol. The normalized spacial score (nSPS) is 23.9. The maximum Gasteiger partial charge on any atom is 0.236 e. The van der Waals surface area contributed by atoms with E-state index in [1.54, 1.807) is 0 Å². The maximum absolute atomic E-state index is 11.9. The van der Waals surface area contributed by atoms with Crippen LogP contribution < -0.4 is 5.32 Å². The van der Waals surface area contributed by atoms with Crippen molar-refractivity contribution >= 4 is 5.91 Å². The van der Waals surface area contributed by atoms with Crippen molar-refractivity contribution in [2.45, 2.75) is 39.2 Å². The number of hydrogen-bond donors (Lipinski definition) is 1. The molecule has 4 nitrogen and oxygen atoms in total. The minimum atomic E-state index is 0.228. The average Bonchev–Trinajstić information content (AvgIpc) is 3.03. The van der Waals surface area contributed by atoms with Gasteiger partial charge in [0.2, 0.25) is 5.91 Å². The standard InChI is InChI=1S/C14H26N2O2/c1-11(2)10-18-13-5-6-16(9-13)14(17)8-15-7-12-3-4-12/h11-13,15H,3-10H2,1-2H3. The van der Waals surface area contributed by atoms with Crippen molar-refractivity contribution < 1.29 is 9.53 Å². The predicted octanol–water partition coefficient (Wildman–Crippen LogP) is 1.26. The third-order valence-corrected chi connectivity index (χ3v) is 3.57. The quantitative estimate of drug-likeness (QED) is 0.743. The van der Waals surface area contributed by atoms with E-state index in [4.69, 9.17) is 4.74 Å². The van der Waals surface area contributed by atoms with Gasteiger partial charge in [-0.2, -0.15) is 0 Å². The zero-order chi connectivity index (χ0) is 13.0. The molecule has 2 rings (SSSR count). The van der Waals surface area contributed by atoms with Gasteiger partial charge in [-0.1, -0.05) is 13.8 Å². The molecule has 1 saturated carbocycles. The summed E-state index contributed by atoms with van der Waals surface area (Å²) in [6.07, 6.45) is 3.90. The van der Waals surface area contributed by atoms with Crippen LogP contribution in [0.15, 0.2) is 0 Å². The van der Waals surface area contributed by atoms with E-state index >= 15 is 0 Å². The second-order valence-corrected chi connectivity index (χ2v) is 6.05. The maximum atomic E-state index is 11.9. The topological polar surface area (TPSA) is 41.6 Å². The Bertz CT molecular complexity index is 277. The first-order valence-corrected chi connectivity index (χ1v) is 7.25. The lowest BCUT2D eigenvalue weighted by molar-refractivity contribution is -0.129. The largest absolute Gasteiger partial charge is 0.376 e. The molecular weight excluding hydrogens is 228 g/mol. The summed E-state index contributed by atoms with van der Waals surface area (Å²) >= 11 is 0. The van der Waals surface area contributed by atoms with E-state index in [-0.39, 0.29) is 12.0 Å². The highest BCUT2D eigenvalue weighted by Crippen LogP contribution is 2.27. The van der Waals surface area contributed by atoms with E-state index < -0.39 is 0 Å². The third kappa shape index (κ3) is 4.58. The van der Waals surface area contributed by atoms with Crippen LogP contribution in [-0.2, 0) is 9.53 Å². The molecule has 4 heteroatoms. The van der Waals surface area contributed by atoms with Crippen LogP contribution in [0.5, 0.6) is 0 Å². The molecule has 1 unspecified atom stereocenters. The summed E-state index contributed by atoms with van der Waals surface area (Å²) in [5, 5.41) is 3.26. The van der Waals surface area contributed by atoms with E-state index in [1.165, 1.54) is 12.8 Å². The van der Waals surface area contributed by atoms with Crippen molar-refractivity contribution in [1.29, 1.82) is 0 Å². The average molecular weight is 254 g/mol. The Labute approximate surface area is 110 Å². The van der Waals surface area contributed by atoms with Crippen LogP contribution >= 0.6 is 0 Å². The first-order valence-electron chi connectivity index (χ1n) is 7.25. The van der Waals surface area contributed by atoms with E-state index in [9.17, 15) is 4.79 Å². The summed E-state index contributed by atoms with van der Waals surface area (Å²) in [5.74, 6) is 1.62. The minimum absolute atomic E-state index is 0.228. The molecule has 1 aliphatic carbocycles. The lowest BCUT2D eigenvalue weighted by Crippen LogP contribution is -2.38. The minimum Gasteiger partial charge on any atom is -0.376 e. The molecule has 0 aromatic rings. The van der Waals surface area contributed by atoms with Crippen molar-refractivity contribution in [3.05, 3.63) is 0 Å². The van der Waals surface area contributed by atoms with Crippen LogP contribution in [0.25, 0.3) is 0 Å². The van der Waals surface area contributed by atoms with Crippen LogP contribution in [0.1, 0.15) is 33.1 Å². The SMILES string of the molecule is CC(C)COC1CCN(C(=O)CNCC2CC2)C1. The van der Waals surface area contributed by atoms with Crippen LogP contribution in [0.4, 0.5) is 0 Å². The smallest absolute Gasteiger partial charge is 0.236 e. The number of hydrogen-bond acceptors (Lipinski definition) is 3. The van der Waals surface area contributed by atoms with Gasteiger partial charge in [-0.05, 0) is 37.6 Å². The molecule has 1 saturated heterocycles. The molecule has 18 heavy (non-hydrogen) atoms. The van der Waals surface area contributed by atoms with Crippen LogP contribution in [0.3, 0.4) is 0 Å². The molecule has 2 fully saturated rings. The van der Waals surface area contributed by atoms with Gasteiger partial charge >= 0.3 is 0 Å². The van der Waals surface area contributed by atoms with Crippen molar-refractivity contribution in [3.8, 4) is 0 Å². The highest BCUT2D eigenvalue weighted by atomic mass is 16.5. The highest BCUT2D eigenvalue weighted by Gasteiger charge is 2.27. The number of rotatable bonds is 7. The number of likely N-dealkylation sites (tertiary alicyclic amines) is 1. The van der Waals surface area contributed by atoms with Crippen molar-refractivity contribution in [2.75, 3.05) is 32.8 Å². The number of carbonyl (C=O) groups excluding carboxylic acids is 1. The third-order valence-electron chi connectivity index (χ3n) is 3.57. The Balaban J connectivity index is 1.59. The Morgan fingerprint density at radius 1 is 1.39 bits per heavy atom. The first kappa shape index (κ1) is 13.8. The van der Waals surface area contributed by atoms with Gasteiger partial charge in [0.15, 0.2) is 0 Å².